The van der Waals surface area contributed by atoms with E-state index in [4.69, 9.17) is 4.74 Å². The molecule has 0 aliphatic rings. The van der Waals surface area contributed by atoms with Crippen LogP contribution in [0.4, 0.5) is 0 Å². The Bertz CT molecular complexity index is 219. The summed E-state index contributed by atoms with van der Waals surface area (Å²) >= 11 is 0. The van der Waals surface area contributed by atoms with Crippen LogP contribution in [0.25, 0.3) is 0 Å². The van der Waals surface area contributed by atoms with E-state index in [0.717, 1.165) is 5.82 Å². The first kappa shape index (κ1) is 8.20. The summed E-state index contributed by atoms with van der Waals surface area (Å²) in [6.07, 6.45) is 1.77. The number of aromatic nitrogens is 3. The lowest BCUT2D eigenvalue weighted by Gasteiger charge is -2.05. The second-order valence-corrected chi connectivity index (χ2v) is 2.66. The van der Waals surface area contributed by atoms with Gasteiger partial charge >= 0.3 is 0 Å². The Morgan fingerprint density at radius 3 is 2.82 bits per heavy atom. The monoisotopic (exact) mass is 155 g/mol. The van der Waals surface area contributed by atoms with Crippen molar-refractivity contribution in [3.8, 4) is 0 Å². The number of nitrogens with zero attached hydrogens (tertiary/aromatic N) is 3. The van der Waals surface area contributed by atoms with Gasteiger partial charge in [-0.15, -0.1) is 0 Å². The van der Waals surface area contributed by atoms with Crippen LogP contribution in [-0.2, 0) is 18.4 Å². The van der Waals surface area contributed by atoms with Gasteiger partial charge < -0.3 is 4.74 Å². The fourth-order valence-electron chi connectivity index (χ4n) is 0.692. The molecule has 0 bridgehead atoms. The van der Waals surface area contributed by atoms with Crippen molar-refractivity contribution in [2.45, 2.75) is 26.6 Å². The molecule has 4 heteroatoms. The van der Waals surface area contributed by atoms with E-state index < -0.39 is 0 Å². The van der Waals surface area contributed by atoms with Gasteiger partial charge in [-0.3, -0.25) is 4.68 Å². The number of hydrogen-bond donors (Lipinski definition) is 0. The van der Waals surface area contributed by atoms with Crippen molar-refractivity contribution in [1.82, 2.24) is 14.8 Å². The molecule has 0 N–H and O–H groups in total. The molecule has 62 valence electrons. The van der Waals surface area contributed by atoms with Gasteiger partial charge in [0.05, 0.1) is 6.10 Å². The Balaban J connectivity index is 2.44. The van der Waals surface area contributed by atoms with E-state index in [1.165, 1.54) is 6.33 Å². The summed E-state index contributed by atoms with van der Waals surface area (Å²) in [6, 6.07) is 0. The van der Waals surface area contributed by atoms with E-state index >= 15 is 0 Å². The first-order valence-electron chi connectivity index (χ1n) is 3.64. The van der Waals surface area contributed by atoms with Gasteiger partial charge in [-0.25, -0.2) is 4.98 Å². The minimum Gasteiger partial charge on any atom is -0.371 e. The predicted molar refractivity (Wildman–Crippen MR) is 40.9 cm³/mol. The van der Waals surface area contributed by atoms with Crippen molar-refractivity contribution >= 4 is 0 Å². The topological polar surface area (TPSA) is 39.9 Å². The van der Waals surface area contributed by atoms with E-state index in [1.807, 2.05) is 20.9 Å². The Labute approximate surface area is 66.2 Å². The molecule has 11 heavy (non-hydrogen) atoms. The van der Waals surface area contributed by atoms with E-state index in [9.17, 15) is 0 Å². The summed E-state index contributed by atoms with van der Waals surface area (Å²) in [6.45, 7) is 4.53. The normalized spacial score (nSPS) is 10.9. The summed E-state index contributed by atoms with van der Waals surface area (Å²) in [5.74, 6) is 0.860. The van der Waals surface area contributed by atoms with Gasteiger partial charge in [-0.2, -0.15) is 5.10 Å². The van der Waals surface area contributed by atoms with Gasteiger partial charge in [-0.1, -0.05) is 0 Å². The number of aryl methyl sites for hydroxylation is 1. The first-order valence-corrected chi connectivity index (χ1v) is 3.64. The average molecular weight is 155 g/mol. The fraction of sp³-hybridized carbons (Fsp3) is 0.714. The lowest BCUT2D eigenvalue weighted by atomic mass is 10.5. The van der Waals surface area contributed by atoms with Crippen molar-refractivity contribution in [2.75, 3.05) is 0 Å². The Hall–Kier alpha value is -0.900. The molecule has 1 heterocycles. The minimum absolute atomic E-state index is 0.242. The molecule has 4 nitrogen and oxygen atoms in total. The third-order valence-electron chi connectivity index (χ3n) is 1.35. The van der Waals surface area contributed by atoms with Crippen LogP contribution in [0.1, 0.15) is 19.7 Å². The lowest BCUT2D eigenvalue weighted by molar-refractivity contribution is 0.0595. The van der Waals surface area contributed by atoms with Crippen molar-refractivity contribution in [1.29, 1.82) is 0 Å². The maximum absolute atomic E-state index is 5.34. The largest absolute Gasteiger partial charge is 0.371 e. The Morgan fingerprint density at radius 1 is 1.64 bits per heavy atom. The molecular formula is C7H13N3O. The first-order chi connectivity index (χ1) is 5.20. The van der Waals surface area contributed by atoms with Gasteiger partial charge in [0.25, 0.3) is 0 Å². The molecule has 0 saturated carbocycles. The van der Waals surface area contributed by atoms with Gasteiger partial charge in [0.2, 0.25) is 0 Å². The van der Waals surface area contributed by atoms with Crippen LogP contribution in [0.2, 0.25) is 0 Å². The zero-order valence-electron chi connectivity index (χ0n) is 7.11. The van der Waals surface area contributed by atoms with E-state index in [1.54, 1.807) is 4.68 Å². The third-order valence-corrected chi connectivity index (χ3v) is 1.35. The minimum atomic E-state index is 0.242. The molecule has 0 atom stereocenters. The van der Waals surface area contributed by atoms with Crippen LogP contribution in [0, 0.1) is 0 Å². The SMILES string of the molecule is CC(C)OCc1ncnn1C. The highest BCUT2D eigenvalue weighted by molar-refractivity contribution is 4.79. The second-order valence-electron chi connectivity index (χ2n) is 2.66. The summed E-state index contributed by atoms with van der Waals surface area (Å²) < 4.78 is 7.05. The van der Waals surface area contributed by atoms with Crippen molar-refractivity contribution in [2.24, 2.45) is 7.05 Å². The van der Waals surface area contributed by atoms with Crippen molar-refractivity contribution in [3.63, 3.8) is 0 Å². The number of hydrogen-bond acceptors (Lipinski definition) is 3. The van der Waals surface area contributed by atoms with E-state index in [-0.39, 0.29) is 6.10 Å². The second kappa shape index (κ2) is 3.48. The van der Waals surface area contributed by atoms with Crippen LogP contribution in [0.5, 0.6) is 0 Å². The van der Waals surface area contributed by atoms with Crippen LogP contribution in [-0.4, -0.2) is 20.9 Å². The zero-order valence-corrected chi connectivity index (χ0v) is 7.11. The smallest absolute Gasteiger partial charge is 0.152 e. The molecule has 0 aliphatic carbocycles. The van der Waals surface area contributed by atoms with E-state index in [0.29, 0.717) is 6.61 Å². The molecule has 1 rings (SSSR count). The van der Waals surface area contributed by atoms with Crippen LogP contribution < -0.4 is 0 Å². The molecule has 0 radical (unpaired) electrons. The fourth-order valence-corrected chi connectivity index (χ4v) is 0.692. The Morgan fingerprint density at radius 2 is 2.36 bits per heavy atom. The molecule has 1 aromatic rings. The zero-order chi connectivity index (χ0) is 8.27. The van der Waals surface area contributed by atoms with Crippen LogP contribution >= 0.6 is 0 Å². The van der Waals surface area contributed by atoms with Gasteiger partial charge in [0, 0.05) is 7.05 Å². The highest BCUT2D eigenvalue weighted by Gasteiger charge is 2.00. The molecule has 0 unspecified atom stereocenters. The van der Waals surface area contributed by atoms with E-state index in [2.05, 4.69) is 10.1 Å². The maximum atomic E-state index is 5.34. The standard InChI is InChI=1S/C7H13N3O/c1-6(2)11-4-7-8-5-9-10(7)3/h5-6H,4H2,1-3H3. The molecule has 0 fully saturated rings. The van der Waals surface area contributed by atoms with Crippen molar-refractivity contribution < 1.29 is 4.74 Å². The maximum Gasteiger partial charge on any atom is 0.152 e. The molecule has 0 amide bonds. The number of ether oxygens (including phenoxy) is 1. The molecule has 1 aromatic heterocycles. The van der Waals surface area contributed by atoms with Crippen molar-refractivity contribution in [3.05, 3.63) is 12.2 Å². The van der Waals surface area contributed by atoms with Crippen LogP contribution in [0.15, 0.2) is 6.33 Å². The summed E-state index contributed by atoms with van der Waals surface area (Å²) in [4.78, 5) is 4.01. The van der Waals surface area contributed by atoms with Gasteiger partial charge in [-0.05, 0) is 13.8 Å². The summed E-state index contributed by atoms with van der Waals surface area (Å²) in [7, 11) is 1.85. The molecule has 0 saturated heterocycles. The highest BCUT2D eigenvalue weighted by atomic mass is 16.5. The molecule has 0 aromatic carbocycles. The quantitative estimate of drug-likeness (QED) is 0.646. The van der Waals surface area contributed by atoms with Gasteiger partial charge in [0.1, 0.15) is 12.9 Å². The average Bonchev–Trinajstić information content (AvgIpc) is 2.31. The molecule has 0 aliphatic heterocycles. The summed E-state index contributed by atoms with van der Waals surface area (Å²) in [5.41, 5.74) is 0. The van der Waals surface area contributed by atoms with Crippen LogP contribution in [0.3, 0.4) is 0 Å². The molecule has 0 spiro atoms. The van der Waals surface area contributed by atoms with Gasteiger partial charge in [0.15, 0.2) is 5.82 Å². The number of rotatable bonds is 3. The highest BCUT2D eigenvalue weighted by Crippen LogP contribution is 1.97. The molecular weight excluding hydrogens is 142 g/mol. The summed E-state index contributed by atoms with van der Waals surface area (Å²) in [5, 5.41) is 3.92. The third kappa shape index (κ3) is 2.31. The Kier molecular flexibility index (Phi) is 2.59. The lowest BCUT2D eigenvalue weighted by Crippen LogP contribution is -2.07. The predicted octanol–water partition coefficient (Wildman–Crippen LogP) is 0.740.